The number of halogens is 6. The number of likely N-dealkylation sites (tertiary alicyclic amines) is 2. The first-order valence-corrected chi connectivity index (χ1v) is 18.2. The Morgan fingerprint density at radius 2 is 1.44 bits per heavy atom. The van der Waals surface area contributed by atoms with E-state index in [0.717, 1.165) is 38.2 Å². The van der Waals surface area contributed by atoms with Crippen LogP contribution in [0.5, 0.6) is 0 Å². The van der Waals surface area contributed by atoms with Crippen molar-refractivity contribution in [2.24, 2.45) is 0 Å². The van der Waals surface area contributed by atoms with Crippen molar-refractivity contribution < 1.29 is 35.9 Å². The van der Waals surface area contributed by atoms with Gasteiger partial charge in [-0.1, -0.05) is 30.3 Å². The van der Waals surface area contributed by atoms with Gasteiger partial charge in [0.25, 0.3) is 0 Å². The molecule has 3 saturated heterocycles. The number of nitrogens with one attached hydrogen (secondary N) is 2. The summed E-state index contributed by atoms with van der Waals surface area (Å²) in [4.78, 5) is 50.9. The molecule has 3 aliphatic heterocycles. The van der Waals surface area contributed by atoms with E-state index in [2.05, 4.69) is 32.2 Å². The maximum absolute atomic E-state index is 14.1. The number of alkyl halides is 6. The van der Waals surface area contributed by atoms with Gasteiger partial charge < -0.3 is 25.8 Å². The third kappa shape index (κ3) is 9.02. The van der Waals surface area contributed by atoms with Gasteiger partial charge in [0, 0.05) is 57.3 Å². The Labute approximate surface area is 308 Å². The van der Waals surface area contributed by atoms with E-state index in [1.807, 2.05) is 30.3 Å². The molecular formula is C36H45F6N9O3. The molecule has 6 rings (SSSR count). The van der Waals surface area contributed by atoms with Gasteiger partial charge >= 0.3 is 24.1 Å². The zero-order chi connectivity index (χ0) is 38.8. The predicted molar refractivity (Wildman–Crippen MR) is 188 cm³/mol. The summed E-state index contributed by atoms with van der Waals surface area (Å²) in [6.07, 6.45) is -8.06. The van der Waals surface area contributed by atoms with Gasteiger partial charge in [-0.05, 0) is 69.9 Å². The molecule has 18 heteroatoms. The van der Waals surface area contributed by atoms with Crippen molar-refractivity contribution in [1.29, 1.82) is 0 Å². The number of carbonyl (C=O) groups excluding carboxylic acids is 2. The molecule has 12 nitrogen and oxygen atoms in total. The topological polar surface area (TPSA) is 136 Å². The number of nitrogen functional groups attached to an aromatic ring is 1. The standard InChI is InChI=1S/C36H45F6N9O3/c1-47-12-5-13-48(19-18-47)25-8-14-49(15-9-25)32(52)29(22-23-20-27(35(37,38)39)30(43)28(21-23)36(40,41)42)44-33(53)50-16-10-26(11-17-50)51-34(54)45-31(46-51)24-6-3-2-4-7-24/h2-4,6-7,20-21,25-26,29H,5,8-19,22,43H2,1H3,(H,44,53)(H,45,46,54)/t29-/m1/s1. The van der Waals surface area contributed by atoms with E-state index >= 15 is 0 Å². The molecule has 0 unspecified atom stereocenters. The average Bonchev–Trinajstić information content (AvgIpc) is 3.40. The summed E-state index contributed by atoms with van der Waals surface area (Å²) >= 11 is 0. The lowest BCUT2D eigenvalue weighted by atomic mass is 9.96. The molecule has 0 bridgehead atoms. The Morgan fingerprint density at radius 3 is 2.06 bits per heavy atom. The Bertz CT molecular complexity index is 1800. The Hall–Kier alpha value is -4.58. The average molecular weight is 766 g/mol. The summed E-state index contributed by atoms with van der Waals surface area (Å²) in [6.45, 7) is 4.66. The number of amides is 3. The molecule has 0 aliphatic carbocycles. The van der Waals surface area contributed by atoms with E-state index < -0.39 is 64.8 Å². The molecule has 3 amide bonds. The fraction of sp³-hybridized carbons (Fsp3) is 0.556. The van der Waals surface area contributed by atoms with Crippen LogP contribution < -0.4 is 16.7 Å². The fourth-order valence-electron chi connectivity index (χ4n) is 7.70. The van der Waals surface area contributed by atoms with Crippen molar-refractivity contribution in [2.75, 3.05) is 65.1 Å². The second-order valence-corrected chi connectivity index (χ2v) is 14.4. The SMILES string of the molecule is CN1CCCN(C2CCN(C(=O)[C@@H](Cc3cc(C(F)(F)F)c(N)c(C(F)(F)F)c3)NC(=O)N3CCC(n4nc(-c5ccccc5)[nH]c4=O)CC3)CC2)CC1. The summed E-state index contributed by atoms with van der Waals surface area (Å²) in [5.74, 6) is -0.196. The van der Waals surface area contributed by atoms with Crippen LogP contribution in [0.2, 0.25) is 0 Å². The Morgan fingerprint density at radius 1 is 0.852 bits per heavy atom. The molecule has 0 saturated carbocycles. The van der Waals surface area contributed by atoms with E-state index in [9.17, 15) is 40.7 Å². The van der Waals surface area contributed by atoms with Crippen LogP contribution in [0, 0.1) is 0 Å². The molecule has 54 heavy (non-hydrogen) atoms. The number of hydrogen-bond acceptors (Lipinski definition) is 7. The maximum Gasteiger partial charge on any atom is 0.418 e. The first-order chi connectivity index (χ1) is 25.6. The van der Waals surface area contributed by atoms with Crippen LogP contribution in [-0.4, -0.2) is 118 Å². The highest BCUT2D eigenvalue weighted by Gasteiger charge is 2.42. The molecule has 0 spiro atoms. The molecular weight excluding hydrogens is 720 g/mol. The second-order valence-electron chi connectivity index (χ2n) is 14.4. The summed E-state index contributed by atoms with van der Waals surface area (Å²) in [7, 11) is 2.07. The van der Waals surface area contributed by atoms with Crippen LogP contribution in [0.1, 0.15) is 54.8 Å². The number of hydrogen-bond donors (Lipinski definition) is 3. The smallest absolute Gasteiger partial charge is 0.398 e. The first kappa shape index (κ1) is 39.1. The number of nitrogens with zero attached hydrogens (tertiary/aromatic N) is 6. The van der Waals surface area contributed by atoms with Gasteiger partial charge in [0.2, 0.25) is 5.91 Å². The fourth-order valence-corrected chi connectivity index (χ4v) is 7.70. The highest BCUT2D eigenvalue weighted by molar-refractivity contribution is 5.87. The maximum atomic E-state index is 14.1. The highest BCUT2D eigenvalue weighted by atomic mass is 19.4. The molecule has 1 aromatic heterocycles. The highest BCUT2D eigenvalue weighted by Crippen LogP contribution is 2.42. The summed E-state index contributed by atoms with van der Waals surface area (Å²) in [5.41, 5.74) is 0.452. The van der Waals surface area contributed by atoms with E-state index in [-0.39, 0.29) is 25.2 Å². The number of benzene rings is 2. The third-order valence-electron chi connectivity index (χ3n) is 10.7. The van der Waals surface area contributed by atoms with Crippen LogP contribution in [-0.2, 0) is 23.6 Å². The largest absolute Gasteiger partial charge is 0.418 e. The molecule has 294 valence electrons. The summed E-state index contributed by atoms with van der Waals surface area (Å²) < 4.78 is 84.8. The number of likely N-dealkylation sites (N-methyl/N-ethyl adjacent to an activating group) is 1. The minimum atomic E-state index is -5.20. The number of urea groups is 1. The van der Waals surface area contributed by atoms with Crippen LogP contribution >= 0.6 is 0 Å². The first-order valence-electron chi connectivity index (χ1n) is 18.2. The van der Waals surface area contributed by atoms with Gasteiger partial charge in [-0.3, -0.25) is 14.7 Å². The van der Waals surface area contributed by atoms with Crippen molar-refractivity contribution in [3.63, 3.8) is 0 Å². The van der Waals surface area contributed by atoms with Gasteiger partial charge in [-0.25, -0.2) is 14.3 Å². The minimum absolute atomic E-state index is 0.159. The van der Waals surface area contributed by atoms with Crippen LogP contribution in [0.3, 0.4) is 0 Å². The monoisotopic (exact) mass is 765 g/mol. The van der Waals surface area contributed by atoms with Gasteiger partial charge in [0.1, 0.15) is 6.04 Å². The number of rotatable bonds is 7. The van der Waals surface area contributed by atoms with Crippen LogP contribution in [0.25, 0.3) is 11.4 Å². The number of anilines is 1. The van der Waals surface area contributed by atoms with Crippen LogP contribution in [0.4, 0.5) is 36.8 Å². The number of piperidine rings is 2. The molecule has 1 atom stereocenters. The molecule has 3 fully saturated rings. The van der Waals surface area contributed by atoms with E-state index in [1.54, 1.807) is 0 Å². The van der Waals surface area contributed by atoms with Crippen molar-refractivity contribution in [3.8, 4) is 11.4 Å². The summed E-state index contributed by atoms with van der Waals surface area (Å²) in [5, 5.41) is 7.09. The molecule has 4 N–H and O–H groups in total. The number of aromatic amines is 1. The van der Waals surface area contributed by atoms with Gasteiger partial charge in [-0.2, -0.15) is 26.3 Å². The van der Waals surface area contributed by atoms with Gasteiger partial charge in [-0.15, -0.1) is 5.10 Å². The molecule has 2 aromatic carbocycles. The predicted octanol–water partition coefficient (Wildman–Crippen LogP) is 4.44. The van der Waals surface area contributed by atoms with Crippen LogP contribution in [0.15, 0.2) is 47.3 Å². The molecule has 0 radical (unpaired) electrons. The lowest BCUT2D eigenvalue weighted by molar-refractivity contribution is -0.141. The van der Waals surface area contributed by atoms with E-state index in [1.165, 1.54) is 14.5 Å². The number of carbonyl (C=O) groups is 2. The Balaban J connectivity index is 1.18. The zero-order valence-corrected chi connectivity index (χ0v) is 29.9. The van der Waals surface area contributed by atoms with Crippen molar-refractivity contribution in [2.45, 2.75) is 69.0 Å². The minimum Gasteiger partial charge on any atom is -0.398 e. The summed E-state index contributed by atoms with van der Waals surface area (Å²) in [6, 6.07) is 7.83. The zero-order valence-electron chi connectivity index (χ0n) is 29.9. The number of H-pyrrole nitrogens is 1. The van der Waals surface area contributed by atoms with Crippen molar-refractivity contribution in [3.05, 3.63) is 69.6 Å². The normalized spacial score (nSPS) is 19.5. The Kier molecular flexibility index (Phi) is 11.6. The van der Waals surface area contributed by atoms with Gasteiger partial charge in [0.05, 0.1) is 22.9 Å². The molecule has 3 aromatic rings. The number of aromatic nitrogens is 3. The second kappa shape index (κ2) is 16.0. The van der Waals surface area contributed by atoms with E-state index in [4.69, 9.17) is 5.73 Å². The van der Waals surface area contributed by atoms with E-state index in [0.29, 0.717) is 56.7 Å². The lowest BCUT2D eigenvalue weighted by Crippen LogP contribution is -2.56. The van der Waals surface area contributed by atoms with Gasteiger partial charge in [0.15, 0.2) is 5.82 Å². The van der Waals surface area contributed by atoms with Crippen molar-refractivity contribution >= 4 is 17.6 Å². The third-order valence-corrected chi connectivity index (χ3v) is 10.7. The number of nitrogens with two attached hydrogens (primary N) is 1. The van der Waals surface area contributed by atoms with Crippen molar-refractivity contribution in [1.82, 2.24) is 39.7 Å². The lowest BCUT2D eigenvalue weighted by Gasteiger charge is -2.39. The quantitative estimate of drug-likeness (QED) is 0.239. The molecule has 4 heterocycles. The molecule has 3 aliphatic rings.